The van der Waals surface area contributed by atoms with Crippen molar-refractivity contribution in [2.45, 2.75) is 26.3 Å². The summed E-state index contributed by atoms with van der Waals surface area (Å²) >= 11 is 3.54. The van der Waals surface area contributed by atoms with Gasteiger partial charge in [0.15, 0.2) is 0 Å². The van der Waals surface area contributed by atoms with Crippen molar-refractivity contribution >= 4 is 26.8 Å². The fourth-order valence-corrected chi connectivity index (χ4v) is 2.25. The van der Waals surface area contributed by atoms with Crippen molar-refractivity contribution in [2.24, 2.45) is 0 Å². The van der Waals surface area contributed by atoms with Gasteiger partial charge in [0.05, 0.1) is 5.52 Å². The molecule has 1 N–H and O–H groups in total. The highest BCUT2D eigenvalue weighted by molar-refractivity contribution is 9.10. The van der Waals surface area contributed by atoms with Gasteiger partial charge in [-0.1, -0.05) is 12.1 Å². The summed E-state index contributed by atoms with van der Waals surface area (Å²) in [4.78, 5) is 9.18. The first-order chi connectivity index (χ1) is 8.11. The van der Waals surface area contributed by atoms with Crippen molar-refractivity contribution < 1.29 is 0 Å². The molecule has 0 aliphatic heterocycles. The van der Waals surface area contributed by atoms with Gasteiger partial charge in [0.1, 0.15) is 5.82 Å². The molecule has 1 aromatic carbocycles. The summed E-state index contributed by atoms with van der Waals surface area (Å²) in [5, 5.41) is 4.32. The van der Waals surface area contributed by atoms with Crippen LogP contribution < -0.4 is 5.32 Å². The van der Waals surface area contributed by atoms with Gasteiger partial charge in [0.25, 0.3) is 0 Å². The number of nitrogens with zero attached hydrogens (tertiary/aromatic N) is 2. The lowest BCUT2D eigenvalue weighted by molar-refractivity contribution is 0.591. The SMILES string of the molecule is CNC(C)Cc1nc(C)c2cccc(Br)c2n1. The summed E-state index contributed by atoms with van der Waals surface area (Å²) in [5.74, 6) is 0.892. The molecule has 3 nitrogen and oxygen atoms in total. The average Bonchev–Trinajstić information content (AvgIpc) is 2.30. The molecule has 0 amide bonds. The number of rotatable bonds is 3. The van der Waals surface area contributed by atoms with Crippen molar-refractivity contribution in [3.8, 4) is 0 Å². The second-order valence-corrected chi connectivity index (χ2v) is 5.11. The molecule has 2 rings (SSSR count). The van der Waals surface area contributed by atoms with Crippen molar-refractivity contribution in [3.63, 3.8) is 0 Å². The summed E-state index contributed by atoms with van der Waals surface area (Å²) in [6.45, 7) is 4.16. The van der Waals surface area contributed by atoms with Crippen LogP contribution in [0.2, 0.25) is 0 Å². The number of aromatic nitrogens is 2. The number of para-hydroxylation sites is 1. The van der Waals surface area contributed by atoms with Gasteiger partial charge in [0.2, 0.25) is 0 Å². The van der Waals surface area contributed by atoms with E-state index in [9.17, 15) is 0 Å². The summed E-state index contributed by atoms with van der Waals surface area (Å²) in [6.07, 6.45) is 0.842. The highest BCUT2D eigenvalue weighted by Gasteiger charge is 2.09. The Kier molecular flexibility index (Phi) is 3.74. The average molecular weight is 294 g/mol. The van der Waals surface area contributed by atoms with Crippen LogP contribution in [0.25, 0.3) is 10.9 Å². The van der Waals surface area contributed by atoms with E-state index in [1.165, 1.54) is 0 Å². The normalized spacial score (nSPS) is 12.9. The number of halogens is 1. The van der Waals surface area contributed by atoms with E-state index < -0.39 is 0 Å². The molecule has 0 aliphatic rings. The molecule has 1 aromatic heterocycles. The van der Waals surface area contributed by atoms with Crippen LogP contribution in [-0.4, -0.2) is 23.1 Å². The Labute approximate surface area is 110 Å². The smallest absolute Gasteiger partial charge is 0.130 e. The van der Waals surface area contributed by atoms with E-state index in [0.29, 0.717) is 6.04 Å². The first-order valence-corrected chi connectivity index (χ1v) is 6.50. The number of likely N-dealkylation sites (N-methyl/N-ethyl adjacent to an activating group) is 1. The summed E-state index contributed by atoms with van der Waals surface area (Å²) < 4.78 is 1.03. The van der Waals surface area contributed by atoms with Crippen LogP contribution in [0.1, 0.15) is 18.4 Å². The zero-order valence-corrected chi connectivity index (χ0v) is 11.9. The van der Waals surface area contributed by atoms with Crippen molar-refractivity contribution in [1.29, 1.82) is 0 Å². The van der Waals surface area contributed by atoms with Crippen LogP contribution in [0.3, 0.4) is 0 Å². The molecule has 0 radical (unpaired) electrons. The van der Waals surface area contributed by atoms with Crippen molar-refractivity contribution in [1.82, 2.24) is 15.3 Å². The van der Waals surface area contributed by atoms with Gasteiger partial charge in [-0.3, -0.25) is 0 Å². The Bertz CT molecular complexity index is 539. The number of hydrogen-bond acceptors (Lipinski definition) is 3. The molecular formula is C13H16BrN3. The van der Waals surface area contributed by atoms with Crippen LogP contribution in [0.4, 0.5) is 0 Å². The van der Waals surface area contributed by atoms with Gasteiger partial charge in [-0.05, 0) is 42.9 Å². The van der Waals surface area contributed by atoms with E-state index in [1.807, 2.05) is 26.1 Å². The predicted octanol–water partition coefficient (Wildman–Crippen LogP) is 2.85. The zero-order valence-electron chi connectivity index (χ0n) is 10.3. The quantitative estimate of drug-likeness (QED) is 0.946. The fraction of sp³-hybridized carbons (Fsp3) is 0.385. The number of hydrogen-bond donors (Lipinski definition) is 1. The molecule has 0 fully saturated rings. The molecule has 90 valence electrons. The van der Waals surface area contributed by atoms with E-state index in [-0.39, 0.29) is 0 Å². The molecule has 0 bridgehead atoms. The molecular weight excluding hydrogens is 278 g/mol. The highest BCUT2D eigenvalue weighted by Crippen LogP contribution is 2.23. The third kappa shape index (κ3) is 2.64. The van der Waals surface area contributed by atoms with E-state index in [0.717, 1.165) is 33.3 Å². The minimum Gasteiger partial charge on any atom is -0.317 e. The van der Waals surface area contributed by atoms with Gasteiger partial charge in [0, 0.05) is 28.0 Å². The highest BCUT2D eigenvalue weighted by atomic mass is 79.9. The van der Waals surface area contributed by atoms with Crippen LogP contribution in [0.5, 0.6) is 0 Å². The van der Waals surface area contributed by atoms with E-state index in [1.54, 1.807) is 0 Å². The Morgan fingerprint density at radius 1 is 1.35 bits per heavy atom. The van der Waals surface area contributed by atoms with Crippen LogP contribution in [0, 0.1) is 6.92 Å². The number of nitrogens with one attached hydrogen (secondary N) is 1. The number of fused-ring (bicyclic) bond motifs is 1. The standard InChI is InChI=1S/C13H16BrN3/c1-8(15-3)7-12-16-9(2)10-5-4-6-11(14)13(10)17-12/h4-6,8,15H,7H2,1-3H3. The lowest BCUT2D eigenvalue weighted by Crippen LogP contribution is -2.24. The molecule has 0 saturated heterocycles. The largest absolute Gasteiger partial charge is 0.317 e. The Hall–Kier alpha value is -1.00. The summed E-state index contributed by atoms with van der Waals surface area (Å²) in [6, 6.07) is 6.47. The molecule has 4 heteroatoms. The Morgan fingerprint density at radius 2 is 2.12 bits per heavy atom. The third-order valence-corrected chi connectivity index (χ3v) is 3.54. The predicted molar refractivity (Wildman–Crippen MR) is 74.2 cm³/mol. The van der Waals surface area contributed by atoms with Gasteiger partial charge < -0.3 is 5.32 Å². The molecule has 1 heterocycles. The Balaban J connectivity index is 2.50. The fourth-order valence-electron chi connectivity index (χ4n) is 1.80. The maximum absolute atomic E-state index is 4.63. The topological polar surface area (TPSA) is 37.8 Å². The van der Waals surface area contributed by atoms with Gasteiger partial charge in [-0.15, -0.1) is 0 Å². The second-order valence-electron chi connectivity index (χ2n) is 4.26. The van der Waals surface area contributed by atoms with Crippen molar-refractivity contribution in [2.75, 3.05) is 7.05 Å². The monoisotopic (exact) mass is 293 g/mol. The number of aryl methyl sites for hydroxylation is 1. The van der Waals surface area contributed by atoms with Gasteiger partial charge >= 0.3 is 0 Å². The number of benzene rings is 1. The first-order valence-electron chi connectivity index (χ1n) is 5.71. The zero-order chi connectivity index (χ0) is 12.4. The summed E-state index contributed by atoms with van der Waals surface area (Å²) in [7, 11) is 1.95. The van der Waals surface area contributed by atoms with Gasteiger partial charge in [-0.2, -0.15) is 0 Å². The minimum atomic E-state index is 0.384. The summed E-state index contributed by atoms with van der Waals surface area (Å²) in [5.41, 5.74) is 2.04. The molecule has 0 saturated carbocycles. The van der Waals surface area contributed by atoms with E-state index >= 15 is 0 Å². The van der Waals surface area contributed by atoms with E-state index in [4.69, 9.17) is 0 Å². The molecule has 0 spiro atoms. The van der Waals surface area contributed by atoms with Gasteiger partial charge in [-0.25, -0.2) is 9.97 Å². The molecule has 1 atom stereocenters. The van der Waals surface area contributed by atoms with E-state index in [2.05, 4.69) is 44.2 Å². The molecule has 1 unspecified atom stereocenters. The third-order valence-electron chi connectivity index (χ3n) is 2.90. The molecule has 17 heavy (non-hydrogen) atoms. The Morgan fingerprint density at radius 3 is 2.82 bits per heavy atom. The molecule has 0 aliphatic carbocycles. The lowest BCUT2D eigenvalue weighted by Gasteiger charge is -2.11. The molecule has 2 aromatic rings. The van der Waals surface area contributed by atoms with Crippen LogP contribution >= 0.6 is 15.9 Å². The first kappa shape index (κ1) is 12.5. The lowest BCUT2D eigenvalue weighted by atomic mass is 10.1. The van der Waals surface area contributed by atoms with Crippen LogP contribution in [-0.2, 0) is 6.42 Å². The van der Waals surface area contributed by atoms with Crippen LogP contribution in [0.15, 0.2) is 22.7 Å². The maximum atomic E-state index is 4.63. The maximum Gasteiger partial charge on any atom is 0.130 e. The minimum absolute atomic E-state index is 0.384. The second kappa shape index (κ2) is 5.10. The van der Waals surface area contributed by atoms with Crippen molar-refractivity contribution in [3.05, 3.63) is 34.2 Å².